The molecule has 4 aliphatic carbocycles. The van der Waals surface area contributed by atoms with Crippen LogP contribution >= 0.6 is 0 Å². The van der Waals surface area contributed by atoms with Crippen LogP contribution in [0.2, 0.25) is 0 Å². The van der Waals surface area contributed by atoms with Crippen LogP contribution in [-0.2, 0) is 0 Å². The second-order valence-corrected chi connectivity index (χ2v) is 12.3. The van der Waals surface area contributed by atoms with Crippen LogP contribution < -0.4 is 0 Å². The number of fused-ring (bicyclic) bond motifs is 5. The number of aliphatic hydroxyl groups is 2. The summed E-state index contributed by atoms with van der Waals surface area (Å²) in [7, 11) is 0. The SMILES string of the molecule is C=C(CC[C@H](C)[C@@H]1CCC2C3CC=C4C[C@@H](O)CC[C@]4(C)C3C[C@@H](O)[C@@]21C)C(C)C. The molecule has 30 heavy (non-hydrogen) atoms. The summed E-state index contributed by atoms with van der Waals surface area (Å²) >= 11 is 0. The van der Waals surface area contributed by atoms with Gasteiger partial charge in [0.1, 0.15) is 0 Å². The van der Waals surface area contributed by atoms with E-state index < -0.39 is 0 Å². The molecule has 3 unspecified atom stereocenters. The van der Waals surface area contributed by atoms with Gasteiger partial charge in [0.2, 0.25) is 0 Å². The summed E-state index contributed by atoms with van der Waals surface area (Å²) in [6.07, 6.45) is 12.1. The summed E-state index contributed by atoms with van der Waals surface area (Å²) in [5.41, 5.74) is 3.13. The topological polar surface area (TPSA) is 40.5 Å². The third-order valence-corrected chi connectivity index (χ3v) is 10.7. The predicted molar refractivity (Wildman–Crippen MR) is 125 cm³/mol. The van der Waals surface area contributed by atoms with Gasteiger partial charge >= 0.3 is 0 Å². The first-order valence-electron chi connectivity index (χ1n) is 12.8. The van der Waals surface area contributed by atoms with Crippen LogP contribution in [0.5, 0.6) is 0 Å². The molecule has 2 heteroatoms. The molecule has 3 saturated carbocycles. The van der Waals surface area contributed by atoms with Gasteiger partial charge in [0.15, 0.2) is 0 Å². The van der Waals surface area contributed by atoms with Gasteiger partial charge < -0.3 is 10.2 Å². The van der Waals surface area contributed by atoms with Gasteiger partial charge in [-0.3, -0.25) is 0 Å². The average Bonchev–Trinajstić information content (AvgIpc) is 3.06. The minimum Gasteiger partial charge on any atom is -0.393 e. The molecule has 0 amide bonds. The van der Waals surface area contributed by atoms with Crippen molar-refractivity contribution >= 4 is 0 Å². The summed E-state index contributed by atoms with van der Waals surface area (Å²) in [5, 5.41) is 21.9. The predicted octanol–water partition coefficient (Wildman–Crippen LogP) is 6.53. The quantitative estimate of drug-likeness (QED) is 0.502. The van der Waals surface area contributed by atoms with Crippen LogP contribution in [0.1, 0.15) is 92.4 Å². The van der Waals surface area contributed by atoms with E-state index in [9.17, 15) is 10.2 Å². The van der Waals surface area contributed by atoms with Gasteiger partial charge in [-0.25, -0.2) is 0 Å². The minimum atomic E-state index is -0.185. The van der Waals surface area contributed by atoms with Crippen molar-refractivity contribution in [1.29, 1.82) is 0 Å². The van der Waals surface area contributed by atoms with Crippen molar-refractivity contribution in [2.45, 2.75) is 105 Å². The zero-order chi connectivity index (χ0) is 21.8. The molecule has 2 N–H and O–H groups in total. The molecule has 9 atom stereocenters. The molecular weight excluding hydrogens is 368 g/mol. The van der Waals surface area contributed by atoms with Crippen molar-refractivity contribution in [1.82, 2.24) is 0 Å². The molecule has 0 spiro atoms. The van der Waals surface area contributed by atoms with Crippen molar-refractivity contribution in [2.75, 3.05) is 0 Å². The average molecular weight is 415 g/mol. The van der Waals surface area contributed by atoms with E-state index in [2.05, 4.69) is 47.3 Å². The van der Waals surface area contributed by atoms with E-state index in [0.29, 0.717) is 35.5 Å². The monoisotopic (exact) mass is 414 g/mol. The fraction of sp³-hybridized carbons (Fsp3) is 0.857. The molecule has 0 radical (unpaired) electrons. The molecule has 0 heterocycles. The molecular formula is C28H46O2. The number of hydrogen-bond acceptors (Lipinski definition) is 2. The second kappa shape index (κ2) is 8.07. The Morgan fingerprint density at radius 3 is 2.57 bits per heavy atom. The Bertz CT molecular complexity index is 693. The van der Waals surface area contributed by atoms with Gasteiger partial charge in [-0.1, -0.05) is 58.4 Å². The van der Waals surface area contributed by atoms with Crippen molar-refractivity contribution in [3.8, 4) is 0 Å². The molecule has 170 valence electrons. The second-order valence-electron chi connectivity index (χ2n) is 12.3. The Labute approximate surface area is 185 Å². The number of hydrogen-bond donors (Lipinski definition) is 2. The summed E-state index contributed by atoms with van der Waals surface area (Å²) < 4.78 is 0. The van der Waals surface area contributed by atoms with E-state index in [4.69, 9.17) is 0 Å². The highest BCUT2D eigenvalue weighted by atomic mass is 16.3. The Hall–Kier alpha value is -0.600. The first kappa shape index (κ1) is 22.6. The van der Waals surface area contributed by atoms with Crippen LogP contribution in [0.3, 0.4) is 0 Å². The van der Waals surface area contributed by atoms with E-state index in [1.165, 1.54) is 36.8 Å². The summed E-state index contributed by atoms with van der Waals surface area (Å²) in [4.78, 5) is 0. The maximum absolute atomic E-state index is 11.6. The fourth-order valence-corrected chi connectivity index (χ4v) is 8.47. The number of rotatable bonds is 5. The lowest BCUT2D eigenvalue weighted by atomic mass is 9.46. The fourth-order valence-electron chi connectivity index (χ4n) is 8.47. The molecule has 0 aromatic rings. The Morgan fingerprint density at radius 2 is 1.87 bits per heavy atom. The molecule has 0 bridgehead atoms. The minimum absolute atomic E-state index is 0.0651. The van der Waals surface area contributed by atoms with E-state index in [-0.39, 0.29) is 23.0 Å². The van der Waals surface area contributed by atoms with E-state index in [0.717, 1.165) is 32.1 Å². The molecule has 3 fully saturated rings. The maximum atomic E-state index is 11.6. The van der Waals surface area contributed by atoms with Gasteiger partial charge in [0, 0.05) is 0 Å². The van der Waals surface area contributed by atoms with Gasteiger partial charge in [0.25, 0.3) is 0 Å². The Balaban J connectivity index is 1.54. The highest BCUT2D eigenvalue weighted by Gasteiger charge is 2.62. The highest BCUT2D eigenvalue weighted by Crippen LogP contribution is 2.67. The van der Waals surface area contributed by atoms with E-state index in [1.54, 1.807) is 0 Å². The smallest absolute Gasteiger partial charge is 0.0602 e. The molecule has 4 rings (SSSR count). The summed E-state index contributed by atoms with van der Waals surface area (Å²) in [5.74, 6) is 3.80. The molecule has 0 aromatic heterocycles. The first-order valence-corrected chi connectivity index (χ1v) is 12.8. The molecule has 0 aliphatic heterocycles. The Morgan fingerprint density at radius 1 is 1.13 bits per heavy atom. The summed E-state index contributed by atoms with van der Waals surface area (Å²) in [6.45, 7) is 16.1. The standard InChI is InChI=1S/C28H46O2/c1-17(2)18(3)7-8-19(4)23-11-12-24-22-10-9-20-15-21(29)13-14-27(20,5)25(22)16-26(30)28(23,24)6/h9,17,19,21-26,29-30H,3,7-8,10-16H2,1-2,4-6H3/t19-,21-,22?,23-,24?,25?,26+,27-,28+/m0/s1. The van der Waals surface area contributed by atoms with Crippen molar-refractivity contribution < 1.29 is 10.2 Å². The van der Waals surface area contributed by atoms with Crippen LogP contribution in [0.4, 0.5) is 0 Å². The Kier molecular flexibility index (Phi) is 6.08. The van der Waals surface area contributed by atoms with Gasteiger partial charge in [-0.15, -0.1) is 0 Å². The molecule has 4 aliphatic rings. The number of allylic oxidation sites excluding steroid dienone is 2. The third-order valence-electron chi connectivity index (χ3n) is 10.7. The van der Waals surface area contributed by atoms with Crippen LogP contribution in [0.15, 0.2) is 23.8 Å². The van der Waals surface area contributed by atoms with Crippen molar-refractivity contribution in [3.63, 3.8) is 0 Å². The zero-order valence-electron chi connectivity index (χ0n) is 20.2. The van der Waals surface area contributed by atoms with Gasteiger partial charge in [-0.2, -0.15) is 0 Å². The first-order chi connectivity index (χ1) is 14.1. The van der Waals surface area contributed by atoms with E-state index >= 15 is 0 Å². The lowest BCUT2D eigenvalue weighted by Crippen LogP contribution is -2.56. The maximum Gasteiger partial charge on any atom is 0.0602 e. The van der Waals surface area contributed by atoms with Crippen LogP contribution in [-0.4, -0.2) is 22.4 Å². The van der Waals surface area contributed by atoms with E-state index in [1.807, 2.05) is 0 Å². The van der Waals surface area contributed by atoms with Gasteiger partial charge in [0.05, 0.1) is 12.2 Å². The van der Waals surface area contributed by atoms with Crippen LogP contribution in [0.25, 0.3) is 0 Å². The normalized spacial score (nSPS) is 46.6. The zero-order valence-corrected chi connectivity index (χ0v) is 20.2. The lowest BCUT2D eigenvalue weighted by molar-refractivity contribution is -0.136. The van der Waals surface area contributed by atoms with Gasteiger partial charge in [-0.05, 0) is 104 Å². The lowest BCUT2D eigenvalue weighted by Gasteiger charge is -2.60. The van der Waals surface area contributed by atoms with Crippen LogP contribution in [0, 0.1) is 46.3 Å². The van der Waals surface area contributed by atoms with Crippen molar-refractivity contribution in [3.05, 3.63) is 23.8 Å². The highest BCUT2D eigenvalue weighted by molar-refractivity contribution is 5.26. The molecule has 2 nitrogen and oxygen atoms in total. The molecule has 0 aromatic carbocycles. The number of aliphatic hydroxyl groups excluding tert-OH is 2. The third kappa shape index (κ3) is 3.45. The molecule has 0 saturated heterocycles. The summed E-state index contributed by atoms with van der Waals surface area (Å²) in [6, 6.07) is 0. The van der Waals surface area contributed by atoms with Crippen molar-refractivity contribution in [2.24, 2.45) is 46.3 Å². The largest absolute Gasteiger partial charge is 0.393 e.